The molecule has 1 aliphatic heterocycles. The first-order chi connectivity index (χ1) is 22.1. The number of carbonyl (C=O) groups is 2. The molecule has 1 atom stereocenters. The summed E-state index contributed by atoms with van der Waals surface area (Å²) in [5.74, 6) is 0.155. The summed E-state index contributed by atoms with van der Waals surface area (Å²) in [5, 5.41) is 6.74. The number of urea groups is 1. The number of unbranched alkanes of at least 4 members (excludes halogenated alkanes) is 2. The minimum absolute atomic E-state index is 0.0637. The van der Waals surface area contributed by atoms with E-state index in [0.717, 1.165) is 42.4 Å². The van der Waals surface area contributed by atoms with Gasteiger partial charge in [-0.3, -0.25) is 4.79 Å². The van der Waals surface area contributed by atoms with E-state index >= 15 is 0 Å². The van der Waals surface area contributed by atoms with Crippen molar-refractivity contribution in [3.63, 3.8) is 0 Å². The van der Waals surface area contributed by atoms with E-state index in [1.165, 1.54) is 0 Å². The standard InChI is InChI=1S/C33H48Cl2N4O6S/c1-3-13-36-33(41)37-14-6-4-5-10-27(40)11-8-16-44-18-19-45-17-15-38-46(42,43)28-12-7-9-25(20-28)30-23-39(2)24-31-29(30)21-26(34)22-32(31)35/h7,9,12,20-22,30,38H,3-6,8,10-11,13-19,23-24H2,1-2H3,(H2,36,37,41)/t30-/m0/s1. The molecule has 2 aromatic rings. The maximum Gasteiger partial charge on any atom is 0.314 e. The van der Waals surface area contributed by atoms with Gasteiger partial charge < -0.3 is 25.0 Å². The van der Waals surface area contributed by atoms with Crippen LogP contribution in [-0.2, 0) is 30.8 Å². The smallest absolute Gasteiger partial charge is 0.314 e. The number of ketones is 1. The highest BCUT2D eigenvalue weighted by molar-refractivity contribution is 7.89. The van der Waals surface area contributed by atoms with E-state index < -0.39 is 10.0 Å². The van der Waals surface area contributed by atoms with E-state index in [1.54, 1.807) is 24.3 Å². The lowest BCUT2D eigenvalue weighted by Gasteiger charge is -2.33. The van der Waals surface area contributed by atoms with E-state index in [-0.39, 0.29) is 35.8 Å². The van der Waals surface area contributed by atoms with E-state index in [1.807, 2.05) is 26.1 Å². The van der Waals surface area contributed by atoms with Crippen LogP contribution in [0, 0.1) is 0 Å². The lowest BCUT2D eigenvalue weighted by Crippen LogP contribution is -2.36. The minimum Gasteiger partial charge on any atom is -0.379 e. The monoisotopic (exact) mass is 698 g/mol. The highest BCUT2D eigenvalue weighted by Crippen LogP contribution is 2.38. The van der Waals surface area contributed by atoms with Crippen LogP contribution in [-0.4, -0.2) is 84.8 Å². The largest absolute Gasteiger partial charge is 0.379 e. The second kappa shape index (κ2) is 20.2. The zero-order valence-electron chi connectivity index (χ0n) is 26.9. The summed E-state index contributed by atoms with van der Waals surface area (Å²) >= 11 is 12.8. The first-order valence-electron chi connectivity index (χ1n) is 16.1. The zero-order chi connectivity index (χ0) is 33.4. The van der Waals surface area contributed by atoms with Crippen LogP contribution in [0.5, 0.6) is 0 Å². The van der Waals surface area contributed by atoms with Crippen molar-refractivity contribution in [2.24, 2.45) is 0 Å². The van der Waals surface area contributed by atoms with Crippen molar-refractivity contribution in [3.8, 4) is 0 Å². The number of halogens is 2. The number of ether oxygens (including phenoxy) is 2. The Labute approximate surface area is 283 Å². The molecule has 0 bridgehead atoms. The summed E-state index contributed by atoms with van der Waals surface area (Å²) in [6.45, 7) is 6.20. The molecule has 1 heterocycles. The molecule has 0 spiro atoms. The van der Waals surface area contributed by atoms with Gasteiger partial charge in [0, 0.05) is 68.1 Å². The van der Waals surface area contributed by atoms with Crippen LogP contribution in [0.15, 0.2) is 41.3 Å². The van der Waals surface area contributed by atoms with Gasteiger partial charge in [0.05, 0.1) is 24.7 Å². The van der Waals surface area contributed by atoms with Gasteiger partial charge >= 0.3 is 6.03 Å². The minimum atomic E-state index is -3.74. The fourth-order valence-corrected chi connectivity index (χ4v) is 6.94. The average Bonchev–Trinajstić information content (AvgIpc) is 3.02. The molecule has 13 heteroatoms. The van der Waals surface area contributed by atoms with E-state index in [4.69, 9.17) is 32.7 Å². The molecule has 10 nitrogen and oxygen atoms in total. The molecule has 46 heavy (non-hydrogen) atoms. The zero-order valence-corrected chi connectivity index (χ0v) is 29.2. The summed E-state index contributed by atoms with van der Waals surface area (Å²) in [5.41, 5.74) is 2.90. The van der Waals surface area contributed by atoms with Crippen LogP contribution < -0.4 is 15.4 Å². The fraction of sp³-hybridized carbons (Fsp3) is 0.576. The number of carbonyl (C=O) groups excluding carboxylic acids is 2. The van der Waals surface area contributed by atoms with Crippen LogP contribution in [0.4, 0.5) is 4.79 Å². The van der Waals surface area contributed by atoms with Crippen LogP contribution in [0.25, 0.3) is 0 Å². The molecule has 2 amide bonds. The lowest BCUT2D eigenvalue weighted by atomic mass is 9.85. The Hall–Kier alpha value is -2.25. The Kier molecular flexibility index (Phi) is 16.8. The third-order valence-corrected chi connectivity index (χ3v) is 9.69. The van der Waals surface area contributed by atoms with Gasteiger partial charge in [-0.15, -0.1) is 0 Å². The molecule has 0 saturated carbocycles. The van der Waals surface area contributed by atoms with E-state index in [9.17, 15) is 18.0 Å². The van der Waals surface area contributed by atoms with Crippen molar-refractivity contribution in [1.29, 1.82) is 0 Å². The topological polar surface area (TPSA) is 126 Å². The molecule has 0 unspecified atom stereocenters. The maximum atomic E-state index is 13.0. The van der Waals surface area contributed by atoms with Crippen LogP contribution in [0.3, 0.4) is 0 Å². The Morgan fingerprint density at radius 1 is 0.913 bits per heavy atom. The second-order valence-electron chi connectivity index (χ2n) is 11.5. The Morgan fingerprint density at radius 2 is 1.65 bits per heavy atom. The maximum absolute atomic E-state index is 13.0. The molecule has 0 aliphatic carbocycles. The fourth-order valence-electron chi connectivity index (χ4n) is 5.31. The van der Waals surface area contributed by atoms with Gasteiger partial charge in [-0.05, 0) is 73.7 Å². The van der Waals surface area contributed by atoms with Gasteiger partial charge in [0.25, 0.3) is 0 Å². The number of hydrogen-bond donors (Lipinski definition) is 3. The first kappa shape index (κ1) is 38.2. The van der Waals surface area contributed by atoms with E-state index in [0.29, 0.717) is 75.3 Å². The molecule has 1 aliphatic rings. The summed E-state index contributed by atoms with van der Waals surface area (Å²) < 4.78 is 39.7. The molecular formula is C33H48Cl2N4O6S. The molecule has 0 aromatic heterocycles. The Morgan fingerprint density at radius 3 is 2.43 bits per heavy atom. The van der Waals surface area contributed by atoms with Crippen LogP contribution in [0.2, 0.25) is 10.0 Å². The number of nitrogens with one attached hydrogen (secondary N) is 3. The van der Waals surface area contributed by atoms with Gasteiger partial charge in [-0.25, -0.2) is 17.9 Å². The number of sulfonamides is 1. The summed E-state index contributed by atoms with van der Waals surface area (Å²) in [6, 6.07) is 10.5. The Balaban J connectivity index is 1.27. The van der Waals surface area contributed by atoms with Crippen molar-refractivity contribution in [3.05, 3.63) is 63.1 Å². The van der Waals surface area contributed by atoms with Crippen LogP contribution in [0.1, 0.15) is 74.5 Å². The summed E-state index contributed by atoms with van der Waals surface area (Å²) in [7, 11) is -1.73. The third-order valence-electron chi connectivity index (χ3n) is 7.67. The van der Waals surface area contributed by atoms with Crippen molar-refractivity contribution in [2.45, 2.75) is 69.2 Å². The average molecular weight is 700 g/mol. The first-order valence-corrected chi connectivity index (χ1v) is 18.3. The van der Waals surface area contributed by atoms with Crippen molar-refractivity contribution >= 4 is 45.0 Å². The van der Waals surface area contributed by atoms with Crippen molar-refractivity contribution in [1.82, 2.24) is 20.3 Å². The molecule has 0 fully saturated rings. The second-order valence-corrected chi connectivity index (χ2v) is 14.1. The number of likely N-dealkylation sites (N-methyl/N-ethyl adjacent to an activating group) is 1. The number of rotatable bonds is 21. The third kappa shape index (κ3) is 13.1. The van der Waals surface area contributed by atoms with Gasteiger partial charge in [0.2, 0.25) is 10.0 Å². The summed E-state index contributed by atoms with van der Waals surface area (Å²) in [4.78, 5) is 25.9. The molecule has 2 aromatic carbocycles. The normalized spacial score (nSPS) is 15.0. The number of hydrogen-bond acceptors (Lipinski definition) is 7. The summed E-state index contributed by atoms with van der Waals surface area (Å²) in [6.07, 6.45) is 5.15. The predicted molar refractivity (Wildman–Crippen MR) is 182 cm³/mol. The highest BCUT2D eigenvalue weighted by Gasteiger charge is 2.28. The number of nitrogens with zero attached hydrogens (tertiary/aromatic N) is 1. The van der Waals surface area contributed by atoms with Gasteiger partial charge in [-0.1, -0.05) is 48.7 Å². The number of Topliss-reactive ketones (excluding diaryl/α,β-unsaturated/α-hetero) is 1. The van der Waals surface area contributed by atoms with Crippen molar-refractivity contribution < 1.29 is 27.5 Å². The molecule has 256 valence electrons. The number of amides is 2. The predicted octanol–water partition coefficient (Wildman–Crippen LogP) is 5.50. The number of fused-ring (bicyclic) bond motifs is 1. The lowest BCUT2D eigenvalue weighted by molar-refractivity contribution is -0.119. The number of benzene rings is 2. The van der Waals surface area contributed by atoms with E-state index in [2.05, 4.69) is 20.3 Å². The Bertz CT molecular complexity index is 1380. The highest BCUT2D eigenvalue weighted by atomic mass is 35.5. The van der Waals surface area contributed by atoms with Gasteiger partial charge in [0.1, 0.15) is 5.78 Å². The quantitative estimate of drug-likeness (QED) is 0.147. The van der Waals surface area contributed by atoms with Crippen molar-refractivity contribution in [2.75, 3.05) is 59.7 Å². The molecule has 0 radical (unpaired) electrons. The SMILES string of the molecule is CCCNC(=O)NCCCCCC(=O)CCCOCCOCCNS(=O)(=O)c1cccc([C@@H]2CN(C)Cc3c(Cl)cc(Cl)cc32)c1. The molecule has 3 N–H and O–H groups in total. The van der Waals surface area contributed by atoms with Crippen LogP contribution >= 0.6 is 23.2 Å². The van der Waals surface area contributed by atoms with Gasteiger partial charge in [0.15, 0.2) is 0 Å². The van der Waals surface area contributed by atoms with Gasteiger partial charge in [-0.2, -0.15) is 0 Å². The molecule has 3 rings (SSSR count). The molecule has 0 saturated heterocycles. The molecular weight excluding hydrogens is 651 g/mol.